The summed E-state index contributed by atoms with van der Waals surface area (Å²) in [6, 6.07) is 3.84. The van der Waals surface area contributed by atoms with Crippen molar-refractivity contribution in [2.75, 3.05) is 13.7 Å². The van der Waals surface area contributed by atoms with Gasteiger partial charge in [0.15, 0.2) is 0 Å². The Morgan fingerprint density at radius 3 is 2.80 bits per heavy atom. The van der Waals surface area contributed by atoms with E-state index in [1.807, 2.05) is 19.1 Å². The van der Waals surface area contributed by atoms with Crippen LogP contribution in [0, 0.1) is 5.92 Å². The fourth-order valence-electron chi connectivity index (χ4n) is 1.32. The fourth-order valence-corrected chi connectivity index (χ4v) is 1.55. The van der Waals surface area contributed by atoms with Crippen LogP contribution in [0.4, 0.5) is 0 Å². The molecule has 0 aliphatic carbocycles. The van der Waals surface area contributed by atoms with Crippen LogP contribution in [-0.2, 0) is 11.2 Å². The van der Waals surface area contributed by atoms with Gasteiger partial charge >= 0.3 is 0 Å². The minimum absolute atomic E-state index is 0.125. The number of hydrogen-bond acceptors (Lipinski definition) is 3. The summed E-state index contributed by atoms with van der Waals surface area (Å²) in [6.07, 6.45) is 1.90. The van der Waals surface area contributed by atoms with Gasteiger partial charge < -0.3 is 9.84 Å². The Bertz CT molecular complexity index is 289. The van der Waals surface area contributed by atoms with E-state index in [0.29, 0.717) is 13.0 Å². The Hall–Kier alpha value is -0.450. The number of hydrogen-bond donors (Lipinski definition) is 1. The fraction of sp³-hybridized carbons (Fsp3) is 0.545. The third kappa shape index (κ3) is 4.28. The van der Waals surface area contributed by atoms with E-state index in [1.54, 1.807) is 13.3 Å². The predicted octanol–water partition coefficient (Wildman–Crippen LogP) is 2.03. The molecule has 1 aromatic heterocycles. The van der Waals surface area contributed by atoms with Crippen LogP contribution in [0.3, 0.4) is 0 Å². The number of ether oxygens (including phenoxy) is 1. The highest BCUT2D eigenvalue weighted by molar-refractivity contribution is 9.10. The molecule has 1 heterocycles. The molecule has 1 aromatic rings. The maximum atomic E-state index is 9.84. The lowest BCUT2D eigenvalue weighted by Gasteiger charge is -2.17. The molecule has 0 aromatic carbocycles. The molecule has 2 unspecified atom stereocenters. The van der Waals surface area contributed by atoms with Gasteiger partial charge in [-0.05, 0) is 28.1 Å². The minimum atomic E-state index is -0.404. The quantitative estimate of drug-likeness (QED) is 0.893. The molecule has 3 nitrogen and oxygen atoms in total. The molecule has 4 heteroatoms. The molecule has 0 aliphatic rings. The molecule has 0 aliphatic heterocycles. The first kappa shape index (κ1) is 12.6. The smallest absolute Gasteiger partial charge is 0.0643 e. The van der Waals surface area contributed by atoms with Crippen molar-refractivity contribution in [3.05, 3.63) is 28.5 Å². The lowest BCUT2D eigenvalue weighted by molar-refractivity contribution is 0.0569. The molecule has 2 atom stereocenters. The topological polar surface area (TPSA) is 42.4 Å². The summed E-state index contributed by atoms with van der Waals surface area (Å²) >= 11 is 3.32. The van der Waals surface area contributed by atoms with Crippen LogP contribution in [0.2, 0.25) is 0 Å². The summed E-state index contributed by atoms with van der Waals surface area (Å²) in [4.78, 5) is 4.21. The van der Waals surface area contributed by atoms with Crippen LogP contribution in [-0.4, -0.2) is 29.9 Å². The van der Waals surface area contributed by atoms with Crippen LogP contribution in [0.15, 0.2) is 22.8 Å². The molecule has 0 radical (unpaired) electrons. The van der Waals surface area contributed by atoms with E-state index in [2.05, 4.69) is 20.9 Å². The van der Waals surface area contributed by atoms with Gasteiger partial charge in [-0.1, -0.05) is 6.92 Å². The number of aliphatic hydroxyl groups is 1. The van der Waals surface area contributed by atoms with Crippen molar-refractivity contribution in [1.82, 2.24) is 4.98 Å². The molecule has 0 amide bonds. The molecule has 0 fully saturated rings. The van der Waals surface area contributed by atoms with Crippen molar-refractivity contribution >= 4 is 15.9 Å². The van der Waals surface area contributed by atoms with Gasteiger partial charge in [-0.15, -0.1) is 0 Å². The summed E-state index contributed by atoms with van der Waals surface area (Å²) in [5.74, 6) is 0.125. The SMILES string of the molecule is COCC(C)C(O)Cc1ccc(Br)cn1. The number of rotatable bonds is 5. The van der Waals surface area contributed by atoms with Gasteiger partial charge in [0.2, 0.25) is 0 Å². The maximum Gasteiger partial charge on any atom is 0.0643 e. The van der Waals surface area contributed by atoms with Gasteiger partial charge in [0.25, 0.3) is 0 Å². The van der Waals surface area contributed by atoms with Crippen molar-refractivity contribution in [3.8, 4) is 0 Å². The molecule has 0 spiro atoms. The van der Waals surface area contributed by atoms with Gasteiger partial charge in [0.1, 0.15) is 0 Å². The second-order valence-corrected chi connectivity index (χ2v) is 4.59. The monoisotopic (exact) mass is 273 g/mol. The van der Waals surface area contributed by atoms with Gasteiger partial charge in [0.05, 0.1) is 12.7 Å². The molecule has 0 bridgehead atoms. The third-order valence-corrected chi connectivity index (χ3v) is 2.76. The highest BCUT2D eigenvalue weighted by Gasteiger charge is 2.14. The molecule has 84 valence electrons. The highest BCUT2D eigenvalue weighted by atomic mass is 79.9. The van der Waals surface area contributed by atoms with Crippen LogP contribution < -0.4 is 0 Å². The van der Waals surface area contributed by atoms with E-state index < -0.39 is 6.10 Å². The molecule has 0 saturated carbocycles. The lowest BCUT2D eigenvalue weighted by Crippen LogP contribution is -2.24. The number of aliphatic hydroxyl groups excluding tert-OH is 1. The number of methoxy groups -OCH3 is 1. The van der Waals surface area contributed by atoms with Gasteiger partial charge in [0, 0.05) is 35.8 Å². The predicted molar refractivity (Wildman–Crippen MR) is 62.7 cm³/mol. The first-order chi connectivity index (χ1) is 7.13. The number of pyridine rings is 1. The highest BCUT2D eigenvalue weighted by Crippen LogP contribution is 2.12. The Morgan fingerprint density at radius 1 is 1.53 bits per heavy atom. The first-order valence-corrected chi connectivity index (χ1v) is 5.70. The molecule has 0 saturated heterocycles. The number of nitrogens with zero attached hydrogens (tertiary/aromatic N) is 1. The van der Waals surface area contributed by atoms with Crippen LogP contribution in [0.25, 0.3) is 0 Å². The zero-order chi connectivity index (χ0) is 11.3. The van der Waals surface area contributed by atoms with E-state index in [-0.39, 0.29) is 5.92 Å². The first-order valence-electron chi connectivity index (χ1n) is 4.91. The number of aromatic nitrogens is 1. The zero-order valence-electron chi connectivity index (χ0n) is 8.98. The largest absolute Gasteiger partial charge is 0.392 e. The second-order valence-electron chi connectivity index (χ2n) is 3.67. The second kappa shape index (κ2) is 6.20. The maximum absolute atomic E-state index is 9.84. The van der Waals surface area contributed by atoms with E-state index in [0.717, 1.165) is 10.2 Å². The minimum Gasteiger partial charge on any atom is -0.392 e. The normalized spacial score (nSPS) is 14.9. The molecule has 15 heavy (non-hydrogen) atoms. The Balaban J connectivity index is 2.50. The van der Waals surface area contributed by atoms with E-state index in [4.69, 9.17) is 4.74 Å². The van der Waals surface area contributed by atoms with Crippen molar-refractivity contribution in [2.45, 2.75) is 19.4 Å². The van der Waals surface area contributed by atoms with Crippen molar-refractivity contribution in [3.63, 3.8) is 0 Å². The summed E-state index contributed by atoms with van der Waals surface area (Å²) in [5, 5.41) is 9.84. The molecule has 1 rings (SSSR count). The Labute approximate surface area is 98.6 Å². The van der Waals surface area contributed by atoms with Crippen LogP contribution in [0.5, 0.6) is 0 Å². The standard InChI is InChI=1S/C11H16BrNO2/c1-8(7-15-2)11(14)5-10-4-3-9(12)6-13-10/h3-4,6,8,11,14H,5,7H2,1-2H3. The van der Waals surface area contributed by atoms with Crippen LogP contribution >= 0.6 is 15.9 Å². The van der Waals surface area contributed by atoms with E-state index in [1.165, 1.54) is 0 Å². The van der Waals surface area contributed by atoms with Crippen molar-refractivity contribution in [2.24, 2.45) is 5.92 Å². The van der Waals surface area contributed by atoms with E-state index >= 15 is 0 Å². The number of halogens is 1. The van der Waals surface area contributed by atoms with E-state index in [9.17, 15) is 5.11 Å². The van der Waals surface area contributed by atoms with Crippen molar-refractivity contribution in [1.29, 1.82) is 0 Å². The van der Waals surface area contributed by atoms with Crippen LogP contribution in [0.1, 0.15) is 12.6 Å². The van der Waals surface area contributed by atoms with Gasteiger partial charge in [-0.3, -0.25) is 4.98 Å². The van der Waals surface area contributed by atoms with Crippen molar-refractivity contribution < 1.29 is 9.84 Å². The average molecular weight is 274 g/mol. The Morgan fingerprint density at radius 2 is 2.27 bits per heavy atom. The summed E-state index contributed by atoms with van der Waals surface area (Å²) in [5.41, 5.74) is 0.897. The lowest BCUT2D eigenvalue weighted by atomic mass is 10.0. The summed E-state index contributed by atoms with van der Waals surface area (Å²) < 4.78 is 5.94. The summed E-state index contributed by atoms with van der Waals surface area (Å²) in [7, 11) is 1.64. The molecular formula is C11H16BrNO2. The Kier molecular flexibility index (Phi) is 5.22. The molecule has 1 N–H and O–H groups in total. The molecular weight excluding hydrogens is 258 g/mol. The zero-order valence-corrected chi connectivity index (χ0v) is 10.6. The van der Waals surface area contributed by atoms with Gasteiger partial charge in [-0.2, -0.15) is 0 Å². The third-order valence-electron chi connectivity index (χ3n) is 2.29. The summed E-state index contributed by atoms with van der Waals surface area (Å²) in [6.45, 7) is 2.53. The van der Waals surface area contributed by atoms with Gasteiger partial charge in [-0.25, -0.2) is 0 Å². The average Bonchev–Trinajstić information content (AvgIpc) is 2.22.